The number of aromatic nitrogens is 6. The van der Waals surface area contributed by atoms with E-state index >= 15 is 4.39 Å². The van der Waals surface area contributed by atoms with Crippen LogP contribution in [-0.4, -0.2) is 41.5 Å². The molecule has 1 atom stereocenters. The van der Waals surface area contributed by atoms with Gasteiger partial charge in [-0.15, -0.1) is 11.3 Å². The Kier molecular flexibility index (Phi) is 5.42. The van der Waals surface area contributed by atoms with Gasteiger partial charge in [0.2, 0.25) is 0 Å². The molecule has 1 aromatic carbocycles. The summed E-state index contributed by atoms with van der Waals surface area (Å²) in [6.45, 7) is 1.84. The van der Waals surface area contributed by atoms with Gasteiger partial charge in [0, 0.05) is 22.2 Å². The van der Waals surface area contributed by atoms with E-state index in [4.69, 9.17) is 4.98 Å². The van der Waals surface area contributed by atoms with E-state index in [0.717, 1.165) is 27.3 Å². The third-order valence-corrected chi connectivity index (χ3v) is 6.76. The average Bonchev–Trinajstić information content (AvgIpc) is 3.62. The molecular weight excluding hydrogens is 484 g/mol. The van der Waals surface area contributed by atoms with Gasteiger partial charge >= 0.3 is 0 Å². The minimum absolute atomic E-state index is 0.0955. The maximum absolute atomic E-state index is 15.9. The fourth-order valence-electron chi connectivity index (χ4n) is 4.09. The molecule has 11 heteroatoms. The molecule has 0 radical (unpaired) electrons. The van der Waals surface area contributed by atoms with E-state index in [2.05, 4.69) is 30.5 Å². The first-order chi connectivity index (χ1) is 17.5. The molecule has 0 aliphatic heterocycles. The van der Waals surface area contributed by atoms with E-state index < -0.39 is 12.0 Å². The molecule has 6 aromatic rings. The van der Waals surface area contributed by atoms with Crippen molar-refractivity contribution in [3.63, 3.8) is 0 Å². The van der Waals surface area contributed by atoms with Crippen LogP contribution in [0.3, 0.4) is 0 Å². The second-order valence-electron chi connectivity index (χ2n) is 8.20. The summed E-state index contributed by atoms with van der Waals surface area (Å²) in [7, 11) is 0. The number of para-hydroxylation sites is 1. The van der Waals surface area contributed by atoms with Crippen LogP contribution < -0.4 is 5.32 Å². The number of imidazole rings is 1. The lowest BCUT2D eigenvalue weighted by molar-refractivity contribution is 0.199. The summed E-state index contributed by atoms with van der Waals surface area (Å²) in [5.74, 6) is -0.205. The highest BCUT2D eigenvalue weighted by atomic mass is 32.1. The highest BCUT2D eigenvalue weighted by Gasteiger charge is 2.21. The second kappa shape index (κ2) is 8.77. The Labute approximate surface area is 207 Å². The maximum Gasteiger partial charge on any atom is 0.176 e. The lowest BCUT2D eigenvalue weighted by atomic mass is 10.1. The van der Waals surface area contributed by atoms with Crippen molar-refractivity contribution in [1.29, 1.82) is 0 Å². The number of fused-ring (bicyclic) bond motifs is 2. The molecular formula is C25H19F2N7OS. The first-order valence-electron chi connectivity index (χ1n) is 11.2. The molecule has 0 bridgehead atoms. The molecule has 0 saturated heterocycles. The van der Waals surface area contributed by atoms with Gasteiger partial charge in [0.15, 0.2) is 16.8 Å². The second-order valence-corrected chi connectivity index (χ2v) is 9.24. The third kappa shape index (κ3) is 3.78. The zero-order valence-corrected chi connectivity index (χ0v) is 19.7. The number of anilines is 1. The molecule has 0 fully saturated rings. The smallest absolute Gasteiger partial charge is 0.176 e. The summed E-state index contributed by atoms with van der Waals surface area (Å²) in [4.78, 5) is 17.1. The Balaban J connectivity index is 1.46. The Morgan fingerprint density at radius 3 is 2.78 bits per heavy atom. The lowest BCUT2D eigenvalue weighted by Gasteiger charge is -2.12. The molecule has 5 aromatic heterocycles. The number of halogens is 2. The highest BCUT2D eigenvalue weighted by molar-refractivity contribution is 7.14. The summed E-state index contributed by atoms with van der Waals surface area (Å²) < 4.78 is 29.5. The largest absolute Gasteiger partial charge is 0.374 e. The van der Waals surface area contributed by atoms with Crippen molar-refractivity contribution in [2.45, 2.75) is 19.6 Å². The van der Waals surface area contributed by atoms with Crippen LogP contribution in [0.25, 0.3) is 55.2 Å². The number of nitrogens with zero attached hydrogens (tertiary/aromatic N) is 4. The summed E-state index contributed by atoms with van der Waals surface area (Å²) in [6.07, 6.45) is 4.32. The lowest BCUT2D eigenvalue weighted by Crippen LogP contribution is -2.17. The van der Waals surface area contributed by atoms with E-state index in [9.17, 15) is 9.50 Å². The Morgan fingerprint density at radius 2 is 1.97 bits per heavy atom. The van der Waals surface area contributed by atoms with Gasteiger partial charge in [0.05, 0.1) is 40.0 Å². The summed E-state index contributed by atoms with van der Waals surface area (Å²) in [6, 6.07) is 10.4. The number of aromatic amines is 2. The predicted octanol–water partition coefficient (Wildman–Crippen LogP) is 5.71. The number of benzene rings is 1. The van der Waals surface area contributed by atoms with Crippen molar-refractivity contribution < 1.29 is 13.9 Å². The quantitative estimate of drug-likeness (QED) is 0.216. The van der Waals surface area contributed by atoms with Crippen LogP contribution in [0.4, 0.5) is 14.5 Å². The number of aliphatic hydroxyl groups is 1. The molecule has 6 rings (SSSR count). The Hall–Kier alpha value is -4.22. The molecule has 180 valence electrons. The van der Waals surface area contributed by atoms with Crippen molar-refractivity contribution in [1.82, 2.24) is 30.1 Å². The minimum Gasteiger partial charge on any atom is -0.374 e. The van der Waals surface area contributed by atoms with Crippen molar-refractivity contribution in [2.75, 3.05) is 5.32 Å². The molecule has 4 N–H and O–H groups in total. The SMILES string of the molecule is CCC(O)Nc1cncc(-c2ncc3[nH]nc(-c4nc5c(-c6ccc(F)s6)cccc5[nH]4)c3c2F)c1. The third-order valence-electron chi connectivity index (χ3n) is 5.85. The molecule has 8 nitrogen and oxygen atoms in total. The fourth-order valence-corrected chi connectivity index (χ4v) is 4.85. The van der Waals surface area contributed by atoms with Gasteiger partial charge in [0.25, 0.3) is 0 Å². The molecule has 0 aliphatic rings. The van der Waals surface area contributed by atoms with E-state index in [1.54, 1.807) is 18.3 Å². The van der Waals surface area contributed by atoms with Gasteiger partial charge in [-0.1, -0.05) is 19.1 Å². The summed E-state index contributed by atoms with van der Waals surface area (Å²) in [5.41, 5.74) is 3.93. The number of hydrogen-bond acceptors (Lipinski definition) is 7. The molecule has 0 aliphatic carbocycles. The van der Waals surface area contributed by atoms with Gasteiger partial charge in [-0.05, 0) is 30.7 Å². The first-order valence-corrected chi connectivity index (χ1v) is 12.0. The molecule has 0 saturated carbocycles. The number of H-pyrrole nitrogens is 2. The summed E-state index contributed by atoms with van der Waals surface area (Å²) >= 11 is 1.04. The van der Waals surface area contributed by atoms with Gasteiger partial charge in [-0.25, -0.2) is 9.37 Å². The molecule has 36 heavy (non-hydrogen) atoms. The predicted molar refractivity (Wildman–Crippen MR) is 135 cm³/mol. The van der Waals surface area contributed by atoms with Crippen molar-refractivity contribution in [3.8, 4) is 33.2 Å². The van der Waals surface area contributed by atoms with Crippen LogP contribution in [0.5, 0.6) is 0 Å². The average molecular weight is 504 g/mol. The number of aliphatic hydroxyl groups excluding tert-OH is 1. The van der Waals surface area contributed by atoms with Crippen LogP contribution in [0, 0.1) is 10.9 Å². The van der Waals surface area contributed by atoms with Crippen LogP contribution in [0.1, 0.15) is 13.3 Å². The molecule has 1 unspecified atom stereocenters. The maximum atomic E-state index is 15.9. The normalized spacial score (nSPS) is 12.4. The van der Waals surface area contributed by atoms with Crippen molar-refractivity contribution in [2.24, 2.45) is 0 Å². The zero-order chi connectivity index (χ0) is 24.8. The number of thiophene rings is 1. The minimum atomic E-state index is -0.744. The first kappa shape index (κ1) is 22.3. The Bertz CT molecular complexity index is 1720. The molecule has 0 spiro atoms. The number of hydrogen-bond donors (Lipinski definition) is 4. The van der Waals surface area contributed by atoms with Gasteiger partial charge in [-0.3, -0.25) is 15.1 Å². The van der Waals surface area contributed by atoms with Gasteiger partial charge in [-0.2, -0.15) is 9.49 Å². The van der Waals surface area contributed by atoms with E-state index in [-0.39, 0.29) is 16.2 Å². The van der Waals surface area contributed by atoms with Crippen LogP contribution in [0.2, 0.25) is 0 Å². The van der Waals surface area contributed by atoms with Crippen molar-refractivity contribution >= 4 is 39.0 Å². The number of pyridine rings is 2. The van der Waals surface area contributed by atoms with Crippen LogP contribution in [0.15, 0.2) is 55.0 Å². The molecule has 0 amide bonds. The standard InChI is InChI=1S/C25H19F2N7OS/c1-2-19(35)30-13-8-12(9-28-10-13)22-21(27)20-16(11-29-22)33-34-24(20)25-31-15-5-3-4-14(23(15)32-25)17-6-7-18(26)36-17/h3-11,19,30,35H,2H2,1H3,(H,31,32)(H,33,34). The number of nitrogens with one attached hydrogen (secondary N) is 3. The van der Waals surface area contributed by atoms with E-state index in [1.807, 2.05) is 25.1 Å². The van der Waals surface area contributed by atoms with E-state index in [1.165, 1.54) is 18.5 Å². The van der Waals surface area contributed by atoms with Gasteiger partial charge in [0.1, 0.15) is 17.6 Å². The van der Waals surface area contributed by atoms with Crippen LogP contribution >= 0.6 is 11.3 Å². The monoisotopic (exact) mass is 503 g/mol. The van der Waals surface area contributed by atoms with Gasteiger partial charge < -0.3 is 15.4 Å². The molecule has 5 heterocycles. The topological polar surface area (TPSA) is 115 Å². The van der Waals surface area contributed by atoms with Crippen LogP contribution in [-0.2, 0) is 0 Å². The fraction of sp³-hybridized carbons (Fsp3) is 0.120. The Morgan fingerprint density at radius 1 is 1.08 bits per heavy atom. The number of rotatable bonds is 6. The zero-order valence-electron chi connectivity index (χ0n) is 18.9. The van der Waals surface area contributed by atoms with E-state index in [0.29, 0.717) is 40.2 Å². The van der Waals surface area contributed by atoms with Crippen molar-refractivity contribution in [3.05, 3.63) is 65.9 Å². The summed E-state index contributed by atoms with van der Waals surface area (Å²) in [5, 5.41) is 19.9. The highest BCUT2D eigenvalue weighted by Crippen LogP contribution is 2.36.